The number of carbonyl (C=O) groups is 1. The van der Waals surface area contributed by atoms with Crippen LogP contribution in [0.3, 0.4) is 0 Å². The van der Waals surface area contributed by atoms with E-state index in [-0.39, 0.29) is 11.9 Å². The summed E-state index contributed by atoms with van der Waals surface area (Å²) in [6.45, 7) is 15.2. The molecule has 1 fully saturated rings. The number of ether oxygens (including phenoxy) is 2. The summed E-state index contributed by atoms with van der Waals surface area (Å²) in [5.74, 6) is 0.0942. The van der Waals surface area contributed by atoms with Crippen molar-refractivity contribution in [2.45, 2.75) is 125 Å². The fourth-order valence-corrected chi connectivity index (χ4v) is 3.90. The summed E-state index contributed by atoms with van der Waals surface area (Å²) in [6.07, 6.45) is 14.8. The normalized spacial score (nSPS) is 20.9. The number of hydrogen-bond acceptors (Lipinski definition) is 3. The van der Waals surface area contributed by atoms with Gasteiger partial charge in [0.15, 0.2) is 0 Å². The van der Waals surface area contributed by atoms with Gasteiger partial charge in [0.2, 0.25) is 0 Å². The zero-order chi connectivity index (χ0) is 21.0. The van der Waals surface area contributed by atoms with Crippen LogP contribution in [0.2, 0.25) is 0 Å². The Hall–Kier alpha value is -0.570. The standard InChI is InChI=1S/C25H48O3/c1-7-27-23(26)21-15-17-22(18-16-21)28-20-14-12-10-8-9-11-13-19-25(5,6)24(2,3)4/h21-22H,7-20H2,1-6H3. The van der Waals surface area contributed by atoms with E-state index < -0.39 is 0 Å². The molecule has 1 saturated carbocycles. The Balaban J connectivity index is 1.93. The Morgan fingerprint density at radius 1 is 0.821 bits per heavy atom. The molecular formula is C25H48O3. The van der Waals surface area contributed by atoms with Gasteiger partial charge in [0.1, 0.15) is 0 Å². The van der Waals surface area contributed by atoms with E-state index in [1.165, 1.54) is 51.4 Å². The van der Waals surface area contributed by atoms with Gasteiger partial charge in [-0.2, -0.15) is 0 Å². The topological polar surface area (TPSA) is 35.5 Å². The zero-order valence-electron chi connectivity index (χ0n) is 19.8. The Morgan fingerprint density at radius 3 is 1.89 bits per heavy atom. The highest BCUT2D eigenvalue weighted by Crippen LogP contribution is 2.41. The van der Waals surface area contributed by atoms with Crippen molar-refractivity contribution in [2.24, 2.45) is 16.7 Å². The lowest BCUT2D eigenvalue weighted by Gasteiger charge is -2.39. The van der Waals surface area contributed by atoms with Crippen molar-refractivity contribution in [3.05, 3.63) is 0 Å². The predicted molar refractivity (Wildman–Crippen MR) is 119 cm³/mol. The molecule has 1 aliphatic carbocycles. The minimum atomic E-state index is -0.0112. The van der Waals surface area contributed by atoms with Crippen LogP contribution in [0, 0.1) is 16.7 Å². The molecule has 0 aromatic rings. The second-order valence-corrected chi connectivity index (χ2v) is 10.5. The molecule has 0 radical (unpaired) electrons. The van der Waals surface area contributed by atoms with Crippen LogP contribution < -0.4 is 0 Å². The van der Waals surface area contributed by atoms with Crippen LogP contribution in [0.15, 0.2) is 0 Å². The van der Waals surface area contributed by atoms with Crippen molar-refractivity contribution < 1.29 is 14.3 Å². The third-order valence-corrected chi connectivity index (χ3v) is 7.12. The largest absolute Gasteiger partial charge is 0.466 e. The third kappa shape index (κ3) is 9.76. The van der Waals surface area contributed by atoms with Crippen molar-refractivity contribution in [2.75, 3.05) is 13.2 Å². The molecule has 3 heteroatoms. The number of unbranched alkanes of at least 4 members (excludes halogenated alkanes) is 6. The van der Waals surface area contributed by atoms with E-state index in [1.807, 2.05) is 6.92 Å². The first-order valence-corrected chi connectivity index (χ1v) is 12.0. The Kier molecular flexibility index (Phi) is 11.7. The predicted octanol–water partition coefficient (Wildman–Crippen LogP) is 7.32. The SMILES string of the molecule is CCOC(=O)C1CCC(OCCCCCCCCCC(C)(C)C(C)(C)C)CC1. The first-order chi connectivity index (χ1) is 13.2. The molecule has 0 bridgehead atoms. The van der Waals surface area contributed by atoms with E-state index in [0.29, 0.717) is 23.5 Å². The van der Waals surface area contributed by atoms with Gasteiger partial charge in [-0.15, -0.1) is 0 Å². The van der Waals surface area contributed by atoms with Crippen molar-refractivity contribution >= 4 is 5.97 Å². The summed E-state index contributed by atoms with van der Waals surface area (Å²) in [5, 5.41) is 0. The summed E-state index contributed by atoms with van der Waals surface area (Å²) in [6, 6.07) is 0. The molecule has 0 aromatic carbocycles. The molecule has 166 valence electrons. The van der Waals surface area contributed by atoms with Crippen LogP contribution in [0.25, 0.3) is 0 Å². The van der Waals surface area contributed by atoms with Gasteiger partial charge in [0, 0.05) is 6.61 Å². The summed E-state index contributed by atoms with van der Waals surface area (Å²) >= 11 is 0. The number of hydrogen-bond donors (Lipinski definition) is 0. The maximum Gasteiger partial charge on any atom is 0.308 e. The zero-order valence-corrected chi connectivity index (χ0v) is 19.8. The summed E-state index contributed by atoms with van der Waals surface area (Å²) in [4.78, 5) is 11.8. The van der Waals surface area contributed by atoms with Gasteiger partial charge in [-0.3, -0.25) is 4.79 Å². The second kappa shape index (κ2) is 12.9. The van der Waals surface area contributed by atoms with Gasteiger partial charge in [0.05, 0.1) is 18.6 Å². The Bertz CT molecular complexity index is 414. The molecule has 0 saturated heterocycles. The van der Waals surface area contributed by atoms with Crippen LogP contribution in [-0.4, -0.2) is 25.3 Å². The lowest BCUT2D eigenvalue weighted by molar-refractivity contribution is -0.150. The molecule has 0 amide bonds. The van der Waals surface area contributed by atoms with E-state index in [0.717, 1.165) is 32.3 Å². The fourth-order valence-electron chi connectivity index (χ4n) is 3.90. The fraction of sp³-hybridized carbons (Fsp3) is 0.960. The van der Waals surface area contributed by atoms with Gasteiger partial charge in [-0.1, -0.05) is 73.1 Å². The van der Waals surface area contributed by atoms with Gasteiger partial charge >= 0.3 is 5.97 Å². The van der Waals surface area contributed by atoms with Crippen molar-refractivity contribution in [3.63, 3.8) is 0 Å². The molecule has 0 atom stereocenters. The van der Waals surface area contributed by atoms with Crippen LogP contribution in [-0.2, 0) is 14.3 Å². The molecule has 0 aliphatic heterocycles. The maximum absolute atomic E-state index is 11.8. The van der Waals surface area contributed by atoms with E-state index in [2.05, 4.69) is 34.6 Å². The van der Waals surface area contributed by atoms with Crippen LogP contribution in [0.1, 0.15) is 119 Å². The molecule has 3 nitrogen and oxygen atoms in total. The molecule has 28 heavy (non-hydrogen) atoms. The summed E-state index contributed by atoms with van der Waals surface area (Å²) < 4.78 is 11.2. The molecule has 0 unspecified atom stereocenters. The smallest absolute Gasteiger partial charge is 0.308 e. The molecule has 0 spiro atoms. The third-order valence-electron chi connectivity index (χ3n) is 7.12. The van der Waals surface area contributed by atoms with Crippen molar-refractivity contribution in [1.29, 1.82) is 0 Å². The summed E-state index contributed by atoms with van der Waals surface area (Å²) in [7, 11) is 0. The van der Waals surface area contributed by atoms with Crippen LogP contribution in [0.4, 0.5) is 0 Å². The van der Waals surface area contributed by atoms with E-state index in [9.17, 15) is 4.79 Å². The number of rotatable bonds is 13. The minimum absolute atomic E-state index is 0.0112. The van der Waals surface area contributed by atoms with Crippen molar-refractivity contribution in [3.8, 4) is 0 Å². The Morgan fingerprint density at radius 2 is 1.36 bits per heavy atom. The highest BCUT2D eigenvalue weighted by molar-refractivity contribution is 5.72. The average molecular weight is 397 g/mol. The molecule has 0 aromatic heterocycles. The minimum Gasteiger partial charge on any atom is -0.466 e. The van der Waals surface area contributed by atoms with E-state index >= 15 is 0 Å². The lowest BCUT2D eigenvalue weighted by atomic mass is 9.67. The highest BCUT2D eigenvalue weighted by Gasteiger charge is 2.31. The Labute approximate surface area is 175 Å². The monoisotopic (exact) mass is 396 g/mol. The van der Waals surface area contributed by atoms with E-state index in [4.69, 9.17) is 9.47 Å². The first-order valence-electron chi connectivity index (χ1n) is 12.0. The molecule has 0 heterocycles. The van der Waals surface area contributed by atoms with Gasteiger partial charge < -0.3 is 9.47 Å². The number of carbonyl (C=O) groups excluding carboxylic acids is 1. The maximum atomic E-state index is 11.8. The molecule has 1 rings (SSSR count). The second-order valence-electron chi connectivity index (χ2n) is 10.5. The van der Waals surface area contributed by atoms with Crippen LogP contribution in [0.5, 0.6) is 0 Å². The lowest BCUT2D eigenvalue weighted by Crippen LogP contribution is -2.29. The molecular weight excluding hydrogens is 348 g/mol. The van der Waals surface area contributed by atoms with Gasteiger partial charge in [0.25, 0.3) is 0 Å². The average Bonchev–Trinajstić information content (AvgIpc) is 2.63. The highest BCUT2D eigenvalue weighted by atomic mass is 16.5. The quantitative estimate of drug-likeness (QED) is 0.242. The summed E-state index contributed by atoms with van der Waals surface area (Å²) in [5.41, 5.74) is 0.824. The van der Waals surface area contributed by atoms with Gasteiger partial charge in [-0.25, -0.2) is 0 Å². The molecule has 1 aliphatic rings. The van der Waals surface area contributed by atoms with E-state index in [1.54, 1.807) is 0 Å². The van der Waals surface area contributed by atoms with Crippen molar-refractivity contribution in [1.82, 2.24) is 0 Å². The first kappa shape index (κ1) is 25.5. The molecule has 0 N–H and O–H groups in total. The number of esters is 1. The van der Waals surface area contributed by atoms with Gasteiger partial charge in [-0.05, 0) is 56.3 Å². The van der Waals surface area contributed by atoms with Crippen LogP contribution >= 0.6 is 0 Å².